The van der Waals surface area contributed by atoms with E-state index in [1.807, 2.05) is 30.3 Å². The van der Waals surface area contributed by atoms with Crippen molar-refractivity contribution in [3.8, 4) is 0 Å². The molecule has 0 bridgehead atoms. The number of aliphatic hydroxyl groups excluding tert-OH is 2. The zero-order chi connectivity index (χ0) is 22.1. The minimum atomic E-state index is -0.922. The van der Waals surface area contributed by atoms with Crippen LogP contribution in [0.3, 0.4) is 0 Å². The molecule has 172 valence electrons. The SMILES string of the molecule is O=C(O)C=Cc1ccccc1.OCCOCCOCCOCCOCCOCCO. The number of hydrogen-bond donors (Lipinski definition) is 3. The average molecular weight is 430 g/mol. The number of benzene rings is 1. The molecule has 0 saturated carbocycles. The third kappa shape index (κ3) is 22.4. The molecule has 0 heterocycles. The molecule has 0 atom stereocenters. The lowest BCUT2D eigenvalue weighted by Crippen LogP contribution is -2.14. The second-order valence-electron chi connectivity index (χ2n) is 5.59. The minimum Gasteiger partial charge on any atom is -0.478 e. The Hall–Kier alpha value is -1.85. The highest BCUT2D eigenvalue weighted by atomic mass is 16.6. The molecular formula is C21H34O9. The van der Waals surface area contributed by atoms with E-state index in [4.69, 9.17) is 39.0 Å². The van der Waals surface area contributed by atoms with Crippen molar-refractivity contribution < 1.29 is 43.8 Å². The van der Waals surface area contributed by atoms with Crippen LogP contribution < -0.4 is 0 Å². The van der Waals surface area contributed by atoms with Crippen LogP contribution in [0.15, 0.2) is 36.4 Å². The Morgan fingerprint density at radius 3 is 1.37 bits per heavy atom. The van der Waals surface area contributed by atoms with Crippen LogP contribution in [0, 0.1) is 0 Å². The molecule has 9 heteroatoms. The summed E-state index contributed by atoms with van der Waals surface area (Å²) in [5.74, 6) is -0.922. The highest BCUT2D eigenvalue weighted by Gasteiger charge is 1.93. The summed E-state index contributed by atoms with van der Waals surface area (Å²) in [5, 5.41) is 25.2. The predicted molar refractivity (Wildman–Crippen MR) is 111 cm³/mol. The van der Waals surface area contributed by atoms with Gasteiger partial charge in [0.1, 0.15) is 0 Å². The maximum atomic E-state index is 10.1. The number of carboxylic acid groups (broad SMARTS) is 1. The van der Waals surface area contributed by atoms with E-state index in [1.54, 1.807) is 6.08 Å². The number of aliphatic hydroxyl groups is 2. The first kappa shape index (κ1) is 28.1. The van der Waals surface area contributed by atoms with E-state index in [9.17, 15) is 4.79 Å². The molecule has 0 amide bonds. The summed E-state index contributed by atoms with van der Waals surface area (Å²) in [4.78, 5) is 10.1. The van der Waals surface area contributed by atoms with Crippen molar-refractivity contribution in [3.63, 3.8) is 0 Å². The summed E-state index contributed by atoms with van der Waals surface area (Å²) >= 11 is 0. The number of ether oxygens (including phenoxy) is 5. The molecule has 0 fully saturated rings. The van der Waals surface area contributed by atoms with Crippen molar-refractivity contribution in [2.75, 3.05) is 79.3 Å². The van der Waals surface area contributed by atoms with Gasteiger partial charge in [-0.2, -0.15) is 0 Å². The fraction of sp³-hybridized carbons (Fsp3) is 0.571. The number of hydrogen-bond acceptors (Lipinski definition) is 8. The van der Waals surface area contributed by atoms with Crippen molar-refractivity contribution in [1.82, 2.24) is 0 Å². The fourth-order valence-electron chi connectivity index (χ4n) is 1.84. The van der Waals surface area contributed by atoms with E-state index >= 15 is 0 Å². The molecule has 0 unspecified atom stereocenters. The van der Waals surface area contributed by atoms with E-state index in [0.29, 0.717) is 66.1 Å². The number of carbonyl (C=O) groups is 1. The molecule has 0 saturated heterocycles. The molecule has 0 radical (unpaired) electrons. The van der Waals surface area contributed by atoms with Gasteiger partial charge in [-0.05, 0) is 11.6 Å². The van der Waals surface area contributed by atoms with E-state index in [1.165, 1.54) is 0 Å². The Kier molecular flexibility index (Phi) is 22.0. The van der Waals surface area contributed by atoms with Crippen LogP contribution in [0.4, 0.5) is 0 Å². The highest BCUT2D eigenvalue weighted by Crippen LogP contribution is 1.99. The lowest BCUT2D eigenvalue weighted by Gasteiger charge is -2.07. The van der Waals surface area contributed by atoms with Crippen molar-refractivity contribution in [1.29, 1.82) is 0 Å². The van der Waals surface area contributed by atoms with Gasteiger partial charge in [-0.3, -0.25) is 0 Å². The molecule has 30 heavy (non-hydrogen) atoms. The monoisotopic (exact) mass is 430 g/mol. The molecule has 3 N–H and O–H groups in total. The van der Waals surface area contributed by atoms with E-state index in [-0.39, 0.29) is 13.2 Å². The second-order valence-corrected chi connectivity index (χ2v) is 5.59. The molecule has 0 spiro atoms. The molecule has 9 nitrogen and oxygen atoms in total. The van der Waals surface area contributed by atoms with E-state index in [2.05, 4.69) is 0 Å². The summed E-state index contributed by atoms with van der Waals surface area (Å²) < 4.78 is 25.8. The van der Waals surface area contributed by atoms with Crippen LogP contribution in [-0.2, 0) is 28.5 Å². The highest BCUT2D eigenvalue weighted by molar-refractivity contribution is 5.85. The third-order valence-corrected chi connectivity index (χ3v) is 3.18. The number of aliphatic carboxylic acids is 1. The Balaban J connectivity index is 0.000000642. The molecule has 0 aliphatic carbocycles. The first-order chi connectivity index (χ1) is 14.7. The van der Waals surface area contributed by atoms with E-state index in [0.717, 1.165) is 11.6 Å². The molecule has 0 aliphatic heterocycles. The van der Waals surface area contributed by atoms with Gasteiger partial charge in [0.25, 0.3) is 0 Å². The Morgan fingerprint density at radius 2 is 1.03 bits per heavy atom. The summed E-state index contributed by atoms with van der Waals surface area (Å²) in [6.45, 7) is 4.80. The van der Waals surface area contributed by atoms with Gasteiger partial charge in [0.05, 0.1) is 79.3 Å². The van der Waals surface area contributed by atoms with Gasteiger partial charge in [-0.15, -0.1) is 0 Å². The summed E-state index contributed by atoms with van der Waals surface area (Å²) in [5.41, 5.74) is 0.898. The Labute approximate surface area is 177 Å². The molecule has 0 aromatic heterocycles. The standard InChI is InChI=1S/C12H26O7.C9H8O2/c13-1-3-15-5-7-17-9-11-19-12-10-18-8-6-16-4-2-14;10-9(11)7-6-8-4-2-1-3-5-8/h13-14H,1-12H2;1-7H,(H,10,11). The first-order valence-electron chi connectivity index (χ1n) is 9.77. The van der Waals surface area contributed by atoms with Crippen LogP contribution in [0.1, 0.15) is 5.56 Å². The zero-order valence-electron chi connectivity index (χ0n) is 17.3. The smallest absolute Gasteiger partial charge is 0.328 e. The maximum absolute atomic E-state index is 10.1. The van der Waals surface area contributed by atoms with Crippen LogP contribution in [-0.4, -0.2) is 101 Å². The molecule has 1 aromatic carbocycles. The van der Waals surface area contributed by atoms with E-state index < -0.39 is 5.97 Å². The van der Waals surface area contributed by atoms with Crippen molar-refractivity contribution in [2.24, 2.45) is 0 Å². The summed E-state index contributed by atoms with van der Waals surface area (Å²) in [6.07, 6.45) is 2.68. The lowest BCUT2D eigenvalue weighted by atomic mass is 10.2. The van der Waals surface area contributed by atoms with Gasteiger partial charge in [0, 0.05) is 6.08 Å². The third-order valence-electron chi connectivity index (χ3n) is 3.18. The zero-order valence-corrected chi connectivity index (χ0v) is 17.3. The van der Waals surface area contributed by atoms with Crippen LogP contribution >= 0.6 is 0 Å². The summed E-state index contributed by atoms with van der Waals surface area (Å²) in [6, 6.07) is 9.31. The van der Waals surface area contributed by atoms with Crippen LogP contribution in [0.2, 0.25) is 0 Å². The lowest BCUT2D eigenvalue weighted by molar-refractivity contribution is -0.131. The normalized spacial score (nSPS) is 10.7. The largest absolute Gasteiger partial charge is 0.478 e. The second kappa shape index (κ2) is 23.4. The van der Waals surface area contributed by atoms with Crippen molar-refractivity contribution in [3.05, 3.63) is 42.0 Å². The molecular weight excluding hydrogens is 396 g/mol. The average Bonchev–Trinajstić information content (AvgIpc) is 2.76. The Bertz CT molecular complexity index is 492. The van der Waals surface area contributed by atoms with Crippen LogP contribution in [0.25, 0.3) is 6.08 Å². The van der Waals surface area contributed by atoms with Gasteiger partial charge in [-0.25, -0.2) is 4.79 Å². The maximum Gasteiger partial charge on any atom is 0.328 e. The fourth-order valence-corrected chi connectivity index (χ4v) is 1.84. The van der Waals surface area contributed by atoms with Gasteiger partial charge in [0.15, 0.2) is 0 Å². The topological polar surface area (TPSA) is 124 Å². The molecule has 1 rings (SSSR count). The summed E-state index contributed by atoms with van der Waals surface area (Å²) in [7, 11) is 0. The first-order valence-corrected chi connectivity index (χ1v) is 9.77. The van der Waals surface area contributed by atoms with Gasteiger partial charge >= 0.3 is 5.97 Å². The predicted octanol–water partition coefficient (Wildman–Crippen LogP) is 0.838. The quantitative estimate of drug-likeness (QED) is 0.229. The van der Waals surface area contributed by atoms with Gasteiger partial charge < -0.3 is 39.0 Å². The minimum absolute atomic E-state index is 0.0359. The molecule has 1 aromatic rings. The van der Waals surface area contributed by atoms with Crippen molar-refractivity contribution >= 4 is 12.0 Å². The van der Waals surface area contributed by atoms with Gasteiger partial charge in [-0.1, -0.05) is 30.3 Å². The number of rotatable bonds is 18. The Morgan fingerprint density at radius 1 is 0.667 bits per heavy atom. The van der Waals surface area contributed by atoms with Crippen LogP contribution in [0.5, 0.6) is 0 Å². The van der Waals surface area contributed by atoms with Gasteiger partial charge in [0.2, 0.25) is 0 Å². The molecule has 0 aliphatic rings. The van der Waals surface area contributed by atoms with Crippen molar-refractivity contribution in [2.45, 2.75) is 0 Å². The number of carboxylic acids is 1.